The summed E-state index contributed by atoms with van der Waals surface area (Å²) in [5.74, 6) is 0.0157. The lowest BCUT2D eigenvalue weighted by Crippen LogP contribution is -2.21. The van der Waals surface area contributed by atoms with Crippen LogP contribution in [0.5, 0.6) is 5.75 Å². The van der Waals surface area contributed by atoms with Gasteiger partial charge in [-0.25, -0.2) is 0 Å². The van der Waals surface area contributed by atoms with Gasteiger partial charge in [0.15, 0.2) is 0 Å². The van der Waals surface area contributed by atoms with Crippen LogP contribution in [0.15, 0.2) is 96.7 Å². The van der Waals surface area contributed by atoms with Crippen molar-refractivity contribution < 1.29 is 9.53 Å². The summed E-state index contributed by atoms with van der Waals surface area (Å²) >= 11 is 0. The Morgan fingerprint density at radius 2 is 1.48 bits per heavy atom. The third-order valence-corrected chi connectivity index (χ3v) is 4.38. The Kier molecular flexibility index (Phi) is 6.64. The zero-order chi connectivity index (χ0) is 20.5. The smallest absolute Gasteiger partial charge is 0.267 e. The SMILES string of the molecule is COc1ccccc1NC(=O)/C(C#N)=C\NC(c1ccccc1)c1ccccc1. The number of amides is 1. The average Bonchev–Trinajstić information content (AvgIpc) is 2.78. The number of nitriles is 1. The Morgan fingerprint density at radius 3 is 2.03 bits per heavy atom. The van der Waals surface area contributed by atoms with Crippen LogP contribution in [0.25, 0.3) is 0 Å². The first kappa shape index (κ1) is 19.7. The topological polar surface area (TPSA) is 74.1 Å². The molecule has 144 valence electrons. The first-order valence-corrected chi connectivity index (χ1v) is 9.13. The highest BCUT2D eigenvalue weighted by Gasteiger charge is 2.15. The molecule has 0 aliphatic rings. The summed E-state index contributed by atoms with van der Waals surface area (Å²) in [6, 6.07) is 28.5. The number of hydrogen-bond acceptors (Lipinski definition) is 4. The largest absolute Gasteiger partial charge is 0.495 e. The molecule has 2 N–H and O–H groups in total. The normalized spacial score (nSPS) is 10.9. The zero-order valence-corrected chi connectivity index (χ0v) is 16.0. The van der Waals surface area contributed by atoms with Crippen molar-refractivity contribution in [3.05, 3.63) is 108 Å². The van der Waals surface area contributed by atoms with Crippen molar-refractivity contribution >= 4 is 11.6 Å². The number of carbonyl (C=O) groups excluding carboxylic acids is 1. The molecule has 0 atom stereocenters. The maximum atomic E-state index is 12.6. The van der Waals surface area contributed by atoms with Gasteiger partial charge in [0.1, 0.15) is 17.4 Å². The van der Waals surface area contributed by atoms with Crippen LogP contribution in [0.1, 0.15) is 17.2 Å². The second kappa shape index (κ2) is 9.77. The third-order valence-electron chi connectivity index (χ3n) is 4.38. The summed E-state index contributed by atoms with van der Waals surface area (Å²) in [4.78, 5) is 12.6. The molecule has 0 spiro atoms. The van der Waals surface area contributed by atoms with Crippen molar-refractivity contribution in [3.8, 4) is 11.8 Å². The number of carbonyl (C=O) groups is 1. The van der Waals surface area contributed by atoms with Gasteiger partial charge in [-0.3, -0.25) is 4.79 Å². The van der Waals surface area contributed by atoms with Crippen LogP contribution in [0.4, 0.5) is 5.69 Å². The van der Waals surface area contributed by atoms with Gasteiger partial charge in [0.25, 0.3) is 5.91 Å². The van der Waals surface area contributed by atoms with Gasteiger partial charge >= 0.3 is 0 Å². The van der Waals surface area contributed by atoms with Crippen molar-refractivity contribution in [2.24, 2.45) is 0 Å². The van der Waals surface area contributed by atoms with E-state index >= 15 is 0 Å². The lowest BCUT2D eigenvalue weighted by Gasteiger charge is -2.19. The highest BCUT2D eigenvalue weighted by Crippen LogP contribution is 2.24. The summed E-state index contributed by atoms with van der Waals surface area (Å²) < 4.78 is 5.24. The molecule has 0 unspecified atom stereocenters. The van der Waals surface area contributed by atoms with Gasteiger partial charge in [0.05, 0.1) is 18.8 Å². The molecule has 3 aromatic carbocycles. The maximum Gasteiger partial charge on any atom is 0.267 e. The predicted octanol–water partition coefficient (Wildman–Crippen LogP) is 4.42. The molecule has 5 nitrogen and oxygen atoms in total. The monoisotopic (exact) mass is 383 g/mol. The fourth-order valence-corrected chi connectivity index (χ4v) is 2.93. The summed E-state index contributed by atoms with van der Waals surface area (Å²) in [5.41, 5.74) is 2.52. The van der Waals surface area contributed by atoms with Crippen LogP contribution in [0.2, 0.25) is 0 Å². The summed E-state index contributed by atoms with van der Waals surface area (Å²) in [6.07, 6.45) is 1.45. The van der Waals surface area contributed by atoms with Crippen LogP contribution in [0.3, 0.4) is 0 Å². The second-order valence-corrected chi connectivity index (χ2v) is 6.25. The number of anilines is 1. The number of methoxy groups -OCH3 is 1. The van der Waals surface area contributed by atoms with Crippen molar-refractivity contribution in [1.82, 2.24) is 5.32 Å². The molecule has 0 aromatic heterocycles. The Morgan fingerprint density at radius 1 is 0.931 bits per heavy atom. The van der Waals surface area contributed by atoms with Crippen molar-refractivity contribution in [2.75, 3.05) is 12.4 Å². The molecule has 0 saturated carbocycles. The molecular weight excluding hydrogens is 362 g/mol. The number of ether oxygens (including phenoxy) is 1. The van der Waals surface area contributed by atoms with Gasteiger partial charge in [-0.15, -0.1) is 0 Å². The van der Waals surface area contributed by atoms with E-state index in [-0.39, 0.29) is 11.6 Å². The summed E-state index contributed by atoms with van der Waals surface area (Å²) in [6.45, 7) is 0. The standard InChI is InChI=1S/C24H21N3O2/c1-29-22-15-9-8-14-21(22)27-24(28)20(16-25)17-26-23(18-10-4-2-5-11-18)19-12-6-3-7-13-19/h2-15,17,23,26H,1H3,(H,27,28)/b20-17-. The van der Waals surface area contributed by atoms with Gasteiger partial charge in [0.2, 0.25) is 0 Å². The Labute approximate surface area is 170 Å². The Bertz CT molecular complexity index is 985. The molecule has 0 radical (unpaired) electrons. The van der Waals surface area contributed by atoms with Gasteiger partial charge in [-0.2, -0.15) is 5.26 Å². The van der Waals surface area contributed by atoms with Crippen molar-refractivity contribution in [2.45, 2.75) is 6.04 Å². The molecule has 0 aliphatic heterocycles. The highest BCUT2D eigenvalue weighted by molar-refractivity contribution is 6.07. The number of para-hydroxylation sites is 2. The van der Waals surface area contributed by atoms with Gasteiger partial charge < -0.3 is 15.4 Å². The van der Waals surface area contributed by atoms with E-state index in [2.05, 4.69) is 10.6 Å². The third kappa shape index (κ3) is 5.02. The van der Waals surface area contributed by atoms with Gasteiger partial charge in [0, 0.05) is 6.20 Å². The highest BCUT2D eigenvalue weighted by atomic mass is 16.5. The van der Waals surface area contributed by atoms with E-state index < -0.39 is 5.91 Å². The second-order valence-electron chi connectivity index (χ2n) is 6.25. The molecule has 3 rings (SSSR count). The van der Waals surface area contributed by atoms with E-state index in [9.17, 15) is 10.1 Å². The van der Waals surface area contributed by atoms with Crippen molar-refractivity contribution in [1.29, 1.82) is 5.26 Å². The molecule has 0 aliphatic carbocycles. The number of benzene rings is 3. The van der Waals surface area contributed by atoms with Crippen LogP contribution in [-0.2, 0) is 4.79 Å². The molecule has 0 fully saturated rings. The number of nitrogens with zero attached hydrogens (tertiary/aromatic N) is 1. The summed E-state index contributed by atoms with van der Waals surface area (Å²) in [7, 11) is 1.53. The van der Waals surface area contributed by atoms with Crippen LogP contribution < -0.4 is 15.4 Å². The fraction of sp³-hybridized carbons (Fsp3) is 0.0833. The minimum atomic E-state index is -0.510. The average molecular weight is 383 g/mol. The van der Waals surface area contributed by atoms with E-state index in [0.717, 1.165) is 11.1 Å². The van der Waals surface area contributed by atoms with E-state index in [4.69, 9.17) is 4.74 Å². The molecule has 1 amide bonds. The van der Waals surface area contributed by atoms with Crippen LogP contribution in [0, 0.1) is 11.3 Å². The van der Waals surface area contributed by atoms with E-state index in [0.29, 0.717) is 11.4 Å². The quantitative estimate of drug-likeness (QED) is 0.468. The molecule has 3 aromatic rings. The van der Waals surface area contributed by atoms with E-state index in [1.54, 1.807) is 24.3 Å². The molecule has 0 saturated heterocycles. The first-order chi connectivity index (χ1) is 14.2. The van der Waals surface area contributed by atoms with E-state index in [1.165, 1.54) is 13.3 Å². The van der Waals surface area contributed by atoms with Crippen LogP contribution >= 0.6 is 0 Å². The number of rotatable bonds is 7. The number of hydrogen-bond donors (Lipinski definition) is 2. The van der Waals surface area contributed by atoms with Gasteiger partial charge in [-0.1, -0.05) is 72.8 Å². The maximum absolute atomic E-state index is 12.6. The lowest BCUT2D eigenvalue weighted by atomic mass is 9.99. The van der Waals surface area contributed by atoms with Crippen LogP contribution in [-0.4, -0.2) is 13.0 Å². The predicted molar refractivity (Wildman–Crippen MR) is 113 cm³/mol. The van der Waals surface area contributed by atoms with Gasteiger partial charge in [-0.05, 0) is 23.3 Å². The Balaban J connectivity index is 1.83. The van der Waals surface area contributed by atoms with E-state index in [1.807, 2.05) is 66.7 Å². The summed E-state index contributed by atoms with van der Waals surface area (Å²) in [5, 5.41) is 15.4. The minimum absolute atomic E-state index is 0.0345. The molecule has 0 bridgehead atoms. The lowest BCUT2D eigenvalue weighted by molar-refractivity contribution is -0.112. The molecular formula is C24H21N3O2. The minimum Gasteiger partial charge on any atom is -0.495 e. The molecule has 29 heavy (non-hydrogen) atoms. The van der Waals surface area contributed by atoms with Crippen molar-refractivity contribution in [3.63, 3.8) is 0 Å². The fourth-order valence-electron chi connectivity index (χ4n) is 2.93. The molecule has 0 heterocycles. The molecule has 5 heteroatoms. The number of nitrogens with one attached hydrogen (secondary N) is 2. The first-order valence-electron chi connectivity index (χ1n) is 9.13. The zero-order valence-electron chi connectivity index (χ0n) is 16.0. The Hall–Kier alpha value is -4.04.